The second-order valence-corrected chi connectivity index (χ2v) is 8.31. The van der Waals surface area contributed by atoms with Gasteiger partial charge < -0.3 is 9.32 Å². The van der Waals surface area contributed by atoms with Crippen molar-refractivity contribution in [3.05, 3.63) is 52.5 Å². The molecule has 0 saturated carbocycles. The predicted molar refractivity (Wildman–Crippen MR) is 129 cm³/mol. The van der Waals surface area contributed by atoms with Crippen molar-refractivity contribution in [3.63, 3.8) is 0 Å². The number of halogens is 3. The summed E-state index contributed by atoms with van der Waals surface area (Å²) in [6.45, 7) is 5.07. The Morgan fingerprint density at radius 2 is 1.71 bits per heavy atom. The van der Waals surface area contributed by atoms with Crippen molar-refractivity contribution in [3.8, 4) is 0 Å². The molecule has 1 aliphatic rings. The lowest BCUT2D eigenvalue weighted by Gasteiger charge is -2.36. The largest absolute Gasteiger partial charge is 0.423 e. The Kier molecular flexibility index (Phi) is 8.43. The summed E-state index contributed by atoms with van der Waals surface area (Å²) in [5.41, 5.74) is 2.46. The third-order valence-electron chi connectivity index (χ3n) is 5.29. The first kappa shape index (κ1) is 23.7. The van der Waals surface area contributed by atoms with Gasteiger partial charge in [-0.15, -0.1) is 12.4 Å². The number of nitrogens with zero attached hydrogens (tertiary/aromatic N) is 3. The van der Waals surface area contributed by atoms with E-state index in [9.17, 15) is 4.79 Å². The maximum atomic E-state index is 12.2. The van der Waals surface area contributed by atoms with Gasteiger partial charge in [0, 0.05) is 48.3 Å². The maximum absolute atomic E-state index is 12.2. The van der Waals surface area contributed by atoms with Crippen LogP contribution in [0.2, 0.25) is 10.0 Å². The number of benzene rings is 2. The Balaban J connectivity index is 0.00000272. The molecule has 3 aromatic rings. The molecule has 1 fully saturated rings. The number of hydrogen-bond donors (Lipinski definition) is 1. The van der Waals surface area contributed by atoms with E-state index in [0.29, 0.717) is 22.5 Å². The van der Waals surface area contributed by atoms with E-state index >= 15 is 0 Å². The molecule has 31 heavy (non-hydrogen) atoms. The average Bonchev–Trinajstić information content (AvgIpc) is 3.13. The standard InChI is InChI=1S/C22H24Cl2N4O2.ClH/c23-16-4-7-18(8-5-16)28-13-11-27(12-14-28)10-2-1-3-21(29)26-22-25-19-15-17(24)6-9-20(19)30-22;/h4-9,15H,1-3,10-14H2,(H,25,26,29);1H. The molecule has 6 nitrogen and oxygen atoms in total. The number of rotatable bonds is 7. The van der Waals surface area contributed by atoms with Crippen LogP contribution in [0.1, 0.15) is 19.3 Å². The first-order valence-corrected chi connectivity index (χ1v) is 10.9. The van der Waals surface area contributed by atoms with Crippen LogP contribution < -0.4 is 10.2 Å². The first-order valence-electron chi connectivity index (χ1n) is 10.2. The van der Waals surface area contributed by atoms with Crippen LogP contribution >= 0.6 is 35.6 Å². The van der Waals surface area contributed by atoms with Crippen molar-refractivity contribution in [2.45, 2.75) is 19.3 Å². The fourth-order valence-electron chi connectivity index (χ4n) is 3.64. The minimum absolute atomic E-state index is 0. The van der Waals surface area contributed by atoms with Crippen molar-refractivity contribution in [2.75, 3.05) is 42.9 Å². The van der Waals surface area contributed by atoms with Gasteiger partial charge in [-0.05, 0) is 61.9 Å². The summed E-state index contributed by atoms with van der Waals surface area (Å²) >= 11 is 11.9. The van der Waals surface area contributed by atoms with E-state index in [1.54, 1.807) is 18.2 Å². The molecular formula is C22H25Cl3N4O2. The van der Waals surface area contributed by atoms with Gasteiger partial charge in [0.15, 0.2) is 5.58 Å². The van der Waals surface area contributed by atoms with Gasteiger partial charge in [0.2, 0.25) is 5.91 Å². The van der Waals surface area contributed by atoms with E-state index in [1.165, 1.54) is 5.69 Å². The van der Waals surface area contributed by atoms with E-state index < -0.39 is 0 Å². The summed E-state index contributed by atoms with van der Waals surface area (Å²) in [5, 5.41) is 4.08. The van der Waals surface area contributed by atoms with Crippen LogP contribution in [0.15, 0.2) is 46.9 Å². The molecule has 9 heteroatoms. The Labute approximate surface area is 197 Å². The monoisotopic (exact) mass is 482 g/mol. The summed E-state index contributed by atoms with van der Waals surface area (Å²) in [7, 11) is 0. The van der Waals surface area contributed by atoms with Crippen molar-refractivity contribution in [1.82, 2.24) is 9.88 Å². The minimum Gasteiger partial charge on any atom is -0.423 e. The number of amides is 1. The summed E-state index contributed by atoms with van der Waals surface area (Å²) in [4.78, 5) is 21.2. The molecule has 2 heterocycles. The molecule has 1 saturated heterocycles. The maximum Gasteiger partial charge on any atom is 0.302 e. The molecular weight excluding hydrogens is 459 g/mol. The van der Waals surface area contributed by atoms with E-state index in [0.717, 1.165) is 50.6 Å². The summed E-state index contributed by atoms with van der Waals surface area (Å²) < 4.78 is 5.53. The molecule has 0 aliphatic carbocycles. The van der Waals surface area contributed by atoms with Gasteiger partial charge >= 0.3 is 6.01 Å². The molecule has 4 rings (SSSR count). The molecule has 1 amide bonds. The zero-order chi connectivity index (χ0) is 20.9. The van der Waals surface area contributed by atoms with Crippen LogP contribution in [0, 0.1) is 0 Å². The second-order valence-electron chi connectivity index (χ2n) is 7.44. The van der Waals surface area contributed by atoms with Gasteiger partial charge in [0.1, 0.15) is 5.52 Å². The quantitative estimate of drug-likeness (QED) is 0.450. The lowest BCUT2D eigenvalue weighted by Crippen LogP contribution is -2.46. The fourth-order valence-corrected chi connectivity index (χ4v) is 3.93. The van der Waals surface area contributed by atoms with Gasteiger partial charge in [-0.25, -0.2) is 0 Å². The minimum atomic E-state index is -0.0831. The van der Waals surface area contributed by atoms with E-state index in [1.807, 2.05) is 12.1 Å². The summed E-state index contributed by atoms with van der Waals surface area (Å²) in [5.74, 6) is -0.0831. The number of unbranched alkanes of at least 4 members (excludes halogenated alkanes) is 1. The number of anilines is 2. The van der Waals surface area contributed by atoms with Crippen LogP contribution in [0.5, 0.6) is 0 Å². The van der Waals surface area contributed by atoms with Crippen LogP contribution in [0.25, 0.3) is 11.1 Å². The topological polar surface area (TPSA) is 61.6 Å². The second kappa shape index (κ2) is 11.0. The summed E-state index contributed by atoms with van der Waals surface area (Å²) in [6, 6.07) is 13.4. The smallest absolute Gasteiger partial charge is 0.302 e. The van der Waals surface area contributed by atoms with Gasteiger partial charge in [-0.1, -0.05) is 23.2 Å². The molecule has 0 bridgehead atoms. The number of carbonyl (C=O) groups excluding carboxylic acids is 1. The van der Waals surface area contributed by atoms with Gasteiger partial charge in [-0.2, -0.15) is 4.98 Å². The third-order valence-corrected chi connectivity index (χ3v) is 5.78. The van der Waals surface area contributed by atoms with E-state index in [2.05, 4.69) is 32.2 Å². The van der Waals surface area contributed by atoms with Crippen LogP contribution in [-0.2, 0) is 4.79 Å². The highest BCUT2D eigenvalue weighted by Gasteiger charge is 2.17. The Bertz CT molecular complexity index is 1000. The number of nitrogens with one attached hydrogen (secondary N) is 1. The third kappa shape index (κ3) is 6.50. The van der Waals surface area contributed by atoms with Gasteiger partial charge in [-0.3, -0.25) is 15.0 Å². The molecule has 2 aromatic carbocycles. The molecule has 166 valence electrons. The van der Waals surface area contributed by atoms with E-state index in [-0.39, 0.29) is 24.3 Å². The summed E-state index contributed by atoms with van der Waals surface area (Å²) in [6.07, 6.45) is 2.26. The molecule has 1 aromatic heterocycles. The van der Waals surface area contributed by atoms with Crippen molar-refractivity contribution in [1.29, 1.82) is 0 Å². The Morgan fingerprint density at radius 3 is 2.45 bits per heavy atom. The van der Waals surface area contributed by atoms with E-state index in [4.69, 9.17) is 27.6 Å². The highest BCUT2D eigenvalue weighted by molar-refractivity contribution is 6.31. The average molecular weight is 484 g/mol. The lowest BCUT2D eigenvalue weighted by molar-refractivity contribution is -0.116. The van der Waals surface area contributed by atoms with Crippen molar-refractivity contribution >= 4 is 64.3 Å². The zero-order valence-corrected chi connectivity index (χ0v) is 19.3. The van der Waals surface area contributed by atoms with Crippen LogP contribution in [-0.4, -0.2) is 48.5 Å². The normalized spacial score (nSPS) is 14.5. The molecule has 0 spiro atoms. The number of fused-ring (bicyclic) bond motifs is 1. The van der Waals surface area contributed by atoms with Gasteiger partial charge in [0.05, 0.1) is 0 Å². The highest BCUT2D eigenvalue weighted by atomic mass is 35.5. The lowest BCUT2D eigenvalue weighted by atomic mass is 10.2. The van der Waals surface area contributed by atoms with Crippen molar-refractivity contribution < 1.29 is 9.21 Å². The number of hydrogen-bond acceptors (Lipinski definition) is 5. The zero-order valence-electron chi connectivity index (χ0n) is 17.0. The number of piperazine rings is 1. The predicted octanol–water partition coefficient (Wildman–Crippen LogP) is 5.49. The number of oxazole rings is 1. The van der Waals surface area contributed by atoms with Crippen LogP contribution in [0.4, 0.5) is 11.7 Å². The molecule has 0 atom stereocenters. The fraction of sp³-hybridized carbons (Fsp3) is 0.364. The number of aromatic nitrogens is 1. The highest BCUT2D eigenvalue weighted by Crippen LogP contribution is 2.23. The van der Waals surface area contributed by atoms with Gasteiger partial charge in [0.25, 0.3) is 0 Å². The molecule has 0 unspecified atom stereocenters. The van der Waals surface area contributed by atoms with Crippen LogP contribution in [0.3, 0.4) is 0 Å². The Hall–Kier alpha value is -1.99. The molecule has 1 aliphatic heterocycles. The first-order chi connectivity index (χ1) is 14.6. The number of carbonyl (C=O) groups is 1. The Morgan fingerprint density at radius 1 is 1.00 bits per heavy atom. The van der Waals surface area contributed by atoms with Crippen molar-refractivity contribution in [2.24, 2.45) is 0 Å². The molecule has 1 N–H and O–H groups in total. The molecule has 0 radical (unpaired) electrons. The SMILES string of the molecule is Cl.O=C(CCCCN1CCN(c2ccc(Cl)cc2)CC1)Nc1nc2cc(Cl)ccc2o1.